The molecule has 1 saturated carbocycles. The van der Waals surface area contributed by atoms with Crippen LogP contribution in [0.3, 0.4) is 0 Å². The van der Waals surface area contributed by atoms with Crippen molar-refractivity contribution < 1.29 is 13.9 Å². The van der Waals surface area contributed by atoms with Gasteiger partial charge in [-0.3, -0.25) is 0 Å². The van der Waals surface area contributed by atoms with Crippen LogP contribution < -0.4 is 4.90 Å². The van der Waals surface area contributed by atoms with E-state index in [1.54, 1.807) is 12.1 Å². The van der Waals surface area contributed by atoms with Gasteiger partial charge >= 0.3 is 5.97 Å². The quantitative estimate of drug-likeness (QED) is 0.774. The van der Waals surface area contributed by atoms with Gasteiger partial charge in [-0.05, 0) is 30.5 Å². The number of rotatable bonds is 5. The average Bonchev–Trinajstić information content (AvgIpc) is 3.28. The molecule has 2 aromatic rings. The van der Waals surface area contributed by atoms with Crippen molar-refractivity contribution in [3.63, 3.8) is 0 Å². The van der Waals surface area contributed by atoms with E-state index in [1.165, 1.54) is 30.6 Å². The third-order valence-corrected chi connectivity index (χ3v) is 4.90. The second-order valence-corrected chi connectivity index (χ2v) is 6.43. The molecule has 1 fully saturated rings. The fraction of sp³-hybridized carbons (Fsp3) is 0.333. The summed E-state index contributed by atoms with van der Waals surface area (Å²) in [4.78, 5) is 18.4. The summed E-state index contributed by atoms with van der Waals surface area (Å²) in [6.45, 7) is 0.607. The number of halogens is 2. The Morgan fingerprint density at radius 2 is 2.14 bits per heavy atom. The highest BCUT2D eigenvalue weighted by Gasteiger charge is 2.32. The van der Waals surface area contributed by atoms with Gasteiger partial charge in [0.05, 0.1) is 7.11 Å². The Hall–Kier alpha value is -1.66. The number of carbonyl (C=O) groups is 1. The standard InChI is InChI=1S/C15H14ClFN2O2S/c1-21-14(20)12-13(16)18-15(22-12)19(11-6-7-11)8-9-2-4-10(17)5-3-9/h2-5,11H,6-8H2,1H3. The maximum Gasteiger partial charge on any atom is 0.351 e. The Morgan fingerprint density at radius 1 is 1.45 bits per heavy atom. The number of thiazole rings is 1. The minimum absolute atomic E-state index is 0.164. The summed E-state index contributed by atoms with van der Waals surface area (Å²) in [5.41, 5.74) is 0.985. The first-order valence-electron chi connectivity index (χ1n) is 6.84. The smallest absolute Gasteiger partial charge is 0.351 e. The van der Waals surface area contributed by atoms with Gasteiger partial charge in [-0.1, -0.05) is 35.1 Å². The fourth-order valence-corrected chi connectivity index (χ4v) is 3.43. The maximum absolute atomic E-state index is 13.0. The molecule has 7 heteroatoms. The number of methoxy groups -OCH3 is 1. The average molecular weight is 341 g/mol. The minimum atomic E-state index is -0.480. The van der Waals surface area contributed by atoms with E-state index in [2.05, 4.69) is 9.88 Å². The number of hydrogen-bond acceptors (Lipinski definition) is 5. The van der Waals surface area contributed by atoms with Crippen LogP contribution in [0.15, 0.2) is 24.3 Å². The molecule has 1 aliphatic carbocycles. The lowest BCUT2D eigenvalue weighted by molar-refractivity contribution is 0.0606. The summed E-state index contributed by atoms with van der Waals surface area (Å²) in [5, 5.41) is 0.855. The SMILES string of the molecule is COC(=O)c1sc(N(Cc2ccc(F)cc2)C2CC2)nc1Cl. The normalized spacial score (nSPS) is 14.0. The molecule has 1 aromatic heterocycles. The summed E-state index contributed by atoms with van der Waals surface area (Å²) >= 11 is 7.26. The Morgan fingerprint density at radius 3 is 2.73 bits per heavy atom. The number of ether oxygens (including phenoxy) is 1. The molecule has 0 saturated heterocycles. The van der Waals surface area contributed by atoms with Crippen molar-refractivity contribution in [2.75, 3.05) is 12.0 Å². The number of carbonyl (C=O) groups excluding carboxylic acids is 1. The summed E-state index contributed by atoms with van der Waals surface area (Å²) in [6.07, 6.45) is 2.15. The van der Waals surface area contributed by atoms with Crippen LogP contribution in [0.4, 0.5) is 9.52 Å². The van der Waals surface area contributed by atoms with Crippen LogP contribution in [-0.2, 0) is 11.3 Å². The van der Waals surface area contributed by atoms with Gasteiger partial charge in [-0.25, -0.2) is 14.2 Å². The third-order valence-electron chi connectivity index (χ3n) is 3.44. The minimum Gasteiger partial charge on any atom is -0.465 e. The summed E-state index contributed by atoms with van der Waals surface area (Å²) in [7, 11) is 1.31. The van der Waals surface area contributed by atoms with E-state index in [1.807, 2.05) is 0 Å². The van der Waals surface area contributed by atoms with Gasteiger partial charge < -0.3 is 9.64 Å². The highest BCUT2D eigenvalue weighted by Crippen LogP contribution is 2.38. The Labute approximate surface area is 136 Å². The highest BCUT2D eigenvalue weighted by molar-refractivity contribution is 7.18. The van der Waals surface area contributed by atoms with Crippen molar-refractivity contribution in [1.82, 2.24) is 4.98 Å². The molecular weight excluding hydrogens is 327 g/mol. The molecule has 116 valence electrons. The largest absolute Gasteiger partial charge is 0.465 e. The van der Waals surface area contributed by atoms with E-state index >= 15 is 0 Å². The fourth-order valence-electron chi connectivity index (χ4n) is 2.16. The first-order valence-corrected chi connectivity index (χ1v) is 8.03. The van der Waals surface area contributed by atoms with Crippen LogP contribution in [0.2, 0.25) is 5.15 Å². The van der Waals surface area contributed by atoms with Crippen LogP contribution in [0, 0.1) is 5.82 Å². The molecule has 0 bridgehead atoms. The zero-order valence-corrected chi connectivity index (χ0v) is 13.5. The van der Waals surface area contributed by atoms with Crippen LogP contribution in [0.25, 0.3) is 0 Å². The molecule has 1 heterocycles. The number of benzene rings is 1. The lowest BCUT2D eigenvalue weighted by Crippen LogP contribution is -2.24. The Kier molecular flexibility index (Phi) is 4.31. The topological polar surface area (TPSA) is 42.4 Å². The van der Waals surface area contributed by atoms with Crippen molar-refractivity contribution in [2.45, 2.75) is 25.4 Å². The van der Waals surface area contributed by atoms with E-state index < -0.39 is 5.97 Å². The Bertz CT molecular complexity index is 685. The lowest BCUT2D eigenvalue weighted by atomic mass is 10.2. The van der Waals surface area contributed by atoms with E-state index in [4.69, 9.17) is 16.3 Å². The van der Waals surface area contributed by atoms with Gasteiger partial charge in [0, 0.05) is 12.6 Å². The molecule has 0 atom stereocenters. The molecule has 0 amide bonds. The van der Waals surface area contributed by atoms with Crippen LogP contribution >= 0.6 is 22.9 Å². The zero-order chi connectivity index (χ0) is 15.7. The molecule has 0 unspecified atom stereocenters. The molecule has 3 rings (SSSR count). The number of anilines is 1. The van der Waals surface area contributed by atoms with E-state index in [0.717, 1.165) is 18.4 Å². The van der Waals surface area contributed by atoms with Gasteiger partial charge in [0.25, 0.3) is 0 Å². The van der Waals surface area contributed by atoms with Gasteiger partial charge in [-0.2, -0.15) is 0 Å². The molecular formula is C15H14ClFN2O2S. The molecule has 4 nitrogen and oxygen atoms in total. The number of nitrogens with zero attached hydrogens (tertiary/aromatic N) is 2. The van der Waals surface area contributed by atoms with Gasteiger partial charge in [0.15, 0.2) is 15.2 Å². The van der Waals surface area contributed by atoms with E-state index in [-0.39, 0.29) is 11.0 Å². The van der Waals surface area contributed by atoms with Crippen LogP contribution in [-0.4, -0.2) is 24.1 Å². The highest BCUT2D eigenvalue weighted by atomic mass is 35.5. The molecule has 0 aliphatic heterocycles. The first-order chi connectivity index (χ1) is 10.6. The van der Waals surface area contributed by atoms with Crippen molar-refractivity contribution in [3.05, 3.63) is 45.7 Å². The van der Waals surface area contributed by atoms with Crippen molar-refractivity contribution in [2.24, 2.45) is 0 Å². The van der Waals surface area contributed by atoms with Gasteiger partial charge in [0.2, 0.25) is 0 Å². The van der Waals surface area contributed by atoms with E-state index in [9.17, 15) is 9.18 Å². The van der Waals surface area contributed by atoms with Gasteiger partial charge in [0.1, 0.15) is 5.82 Å². The predicted molar refractivity (Wildman–Crippen MR) is 84.1 cm³/mol. The number of hydrogen-bond donors (Lipinski definition) is 0. The summed E-state index contributed by atoms with van der Waals surface area (Å²) in [5.74, 6) is -0.738. The molecule has 0 N–H and O–H groups in total. The lowest BCUT2D eigenvalue weighted by Gasteiger charge is -2.21. The molecule has 0 radical (unpaired) electrons. The van der Waals surface area contributed by atoms with Crippen LogP contribution in [0.5, 0.6) is 0 Å². The third kappa shape index (κ3) is 3.23. The first kappa shape index (κ1) is 15.2. The second kappa shape index (κ2) is 6.22. The monoisotopic (exact) mass is 340 g/mol. The molecule has 1 aromatic carbocycles. The molecule has 1 aliphatic rings. The maximum atomic E-state index is 13.0. The summed E-state index contributed by atoms with van der Waals surface area (Å²) in [6, 6.07) is 6.77. The van der Waals surface area contributed by atoms with Crippen molar-refractivity contribution in [3.8, 4) is 0 Å². The second-order valence-electron chi connectivity index (χ2n) is 5.09. The summed E-state index contributed by atoms with van der Waals surface area (Å²) < 4.78 is 17.7. The Balaban J connectivity index is 1.85. The van der Waals surface area contributed by atoms with Crippen molar-refractivity contribution >= 4 is 34.0 Å². The molecule has 22 heavy (non-hydrogen) atoms. The number of esters is 1. The predicted octanol–water partition coefficient (Wildman–Crippen LogP) is 3.89. The van der Waals surface area contributed by atoms with Gasteiger partial charge in [-0.15, -0.1) is 0 Å². The zero-order valence-electron chi connectivity index (χ0n) is 11.9. The van der Waals surface area contributed by atoms with E-state index in [0.29, 0.717) is 22.6 Å². The van der Waals surface area contributed by atoms with Crippen LogP contribution in [0.1, 0.15) is 28.1 Å². The number of aromatic nitrogens is 1. The molecule has 0 spiro atoms. The van der Waals surface area contributed by atoms with Crippen molar-refractivity contribution in [1.29, 1.82) is 0 Å².